The molecule has 0 fully saturated rings. The molecule has 0 aliphatic heterocycles. The first kappa shape index (κ1) is 27.7. The van der Waals surface area contributed by atoms with E-state index >= 15 is 0 Å². The summed E-state index contributed by atoms with van der Waals surface area (Å²) in [6.07, 6.45) is 0.843. The van der Waals surface area contributed by atoms with Crippen molar-refractivity contribution in [2.24, 2.45) is 0 Å². The summed E-state index contributed by atoms with van der Waals surface area (Å²) < 4.78 is 8.68. The van der Waals surface area contributed by atoms with Gasteiger partial charge in [0.2, 0.25) is 0 Å². The van der Waals surface area contributed by atoms with Gasteiger partial charge in [-0.2, -0.15) is 0 Å². The highest BCUT2D eigenvalue weighted by molar-refractivity contribution is 6.19. The molecule has 0 bridgehead atoms. The second-order valence-corrected chi connectivity index (χ2v) is 12.9. The lowest BCUT2D eigenvalue weighted by Gasteiger charge is -2.10. The first-order valence-corrected chi connectivity index (χ1v) is 16.9. The standard InChI is InChI=1S/C47H31NO/c1-2-10-37(11-3-1)48-43-16-8-6-13-39(43)42-29-35(26-27-44(42)48)34-24-22-33(23-25-34)32-20-18-31(19-21-32)28-36-30-46-47(40-14-5-4-12-38(36)40)41-15-7-9-17-45(41)49-46/h1-27,29-30H,28H2. The van der Waals surface area contributed by atoms with E-state index in [1.807, 2.05) is 6.07 Å². The SMILES string of the molecule is c1ccc(-n2c3ccccc3c3cc(-c4ccc(-c5ccc(Cc6cc7oc8ccccc8c7c7ccccc67)cc5)cc4)ccc32)cc1. The zero-order chi connectivity index (χ0) is 32.3. The highest BCUT2D eigenvalue weighted by atomic mass is 16.3. The van der Waals surface area contributed by atoms with Gasteiger partial charge in [-0.1, -0.05) is 133 Å². The lowest BCUT2D eigenvalue weighted by Crippen LogP contribution is -1.92. The van der Waals surface area contributed by atoms with Crippen molar-refractivity contribution in [3.05, 3.63) is 187 Å². The molecule has 2 aromatic heterocycles. The van der Waals surface area contributed by atoms with E-state index in [0.717, 1.165) is 17.6 Å². The Balaban J connectivity index is 0.951. The third kappa shape index (κ3) is 4.57. The van der Waals surface area contributed by atoms with Gasteiger partial charge in [0, 0.05) is 27.2 Å². The van der Waals surface area contributed by atoms with Gasteiger partial charge in [0.1, 0.15) is 11.2 Å². The van der Waals surface area contributed by atoms with Gasteiger partial charge in [-0.05, 0) is 93.0 Å². The lowest BCUT2D eigenvalue weighted by atomic mass is 9.94. The Bertz CT molecular complexity index is 2820. The number of nitrogens with zero attached hydrogens (tertiary/aromatic N) is 1. The first-order chi connectivity index (χ1) is 24.3. The largest absolute Gasteiger partial charge is 0.456 e. The molecule has 8 aromatic carbocycles. The Morgan fingerprint density at radius 2 is 0.959 bits per heavy atom. The molecule has 0 saturated heterocycles. The van der Waals surface area contributed by atoms with Gasteiger partial charge in [-0.15, -0.1) is 0 Å². The lowest BCUT2D eigenvalue weighted by molar-refractivity contribution is 0.668. The van der Waals surface area contributed by atoms with Crippen LogP contribution in [0.15, 0.2) is 180 Å². The van der Waals surface area contributed by atoms with Crippen LogP contribution in [0.1, 0.15) is 11.1 Å². The number of aromatic nitrogens is 1. The van der Waals surface area contributed by atoms with Crippen LogP contribution < -0.4 is 0 Å². The normalized spacial score (nSPS) is 11.8. The molecule has 0 aliphatic rings. The molecule has 10 rings (SSSR count). The molecule has 0 radical (unpaired) electrons. The van der Waals surface area contributed by atoms with E-state index in [1.54, 1.807) is 0 Å². The number of furan rings is 1. The van der Waals surface area contributed by atoms with Crippen LogP contribution in [0.2, 0.25) is 0 Å². The molecule has 0 atom stereocenters. The summed E-state index contributed by atoms with van der Waals surface area (Å²) in [6, 6.07) is 63.4. The van der Waals surface area contributed by atoms with Crippen LogP contribution in [-0.4, -0.2) is 4.57 Å². The molecule has 2 nitrogen and oxygen atoms in total. The third-order valence-electron chi connectivity index (χ3n) is 10.1. The summed E-state index contributed by atoms with van der Waals surface area (Å²) in [5.74, 6) is 0. The van der Waals surface area contributed by atoms with Gasteiger partial charge >= 0.3 is 0 Å². The van der Waals surface area contributed by atoms with Gasteiger partial charge in [0.15, 0.2) is 0 Å². The smallest absolute Gasteiger partial charge is 0.136 e. The Morgan fingerprint density at radius 3 is 1.73 bits per heavy atom. The highest BCUT2D eigenvalue weighted by Crippen LogP contribution is 2.38. The molecule has 0 spiro atoms. The van der Waals surface area contributed by atoms with Crippen LogP contribution in [-0.2, 0) is 6.42 Å². The van der Waals surface area contributed by atoms with E-state index in [9.17, 15) is 0 Å². The fraction of sp³-hybridized carbons (Fsp3) is 0.0213. The van der Waals surface area contributed by atoms with Gasteiger partial charge in [-0.25, -0.2) is 0 Å². The van der Waals surface area contributed by atoms with Gasteiger partial charge in [-0.3, -0.25) is 0 Å². The van der Waals surface area contributed by atoms with Crippen molar-refractivity contribution in [3.8, 4) is 27.9 Å². The zero-order valence-electron chi connectivity index (χ0n) is 26.8. The quantitative estimate of drug-likeness (QED) is 0.186. The summed E-state index contributed by atoms with van der Waals surface area (Å²) in [7, 11) is 0. The molecular weight excluding hydrogens is 595 g/mol. The molecule has 49 heavy (non-hydrogen) atoms. The predicted octanol–water partition coefficient (Wildman–Crippen LogP) is 12.8. The molecular formula is C47H31NO. The summed E-state index contributed by atoms with van der Waals surface area (Å²) in [5, 5.41) is 7.44. The molecule has 10 aromatic rings. The van der Waals surface area contributed by atoms with E-state index in [4.69, 9.17) is 4.42 Å². The summed E-state index contributed by atoms with van der Waals surface area (Å²) in [4.78, 5) is 0. The molecule has 0 N–H and O–H groups in total. The molecule has 2 heteroatoms. The Morgan fingerprint density at radius 1 is 0.388 bits per heavy atom. The number of para-hydroxylation sites is 3. The van der Waals surface area contributed by atoms with Crippen LogP contribution in [0.5, 0.6) is 0 Å². The maximum Gasteiger partial charge on any atom is 0.136 e. The van der Waals surface area contributed by atoms with E-state index < -0.39 is 0 Å². The van der Waals surface area contributed by atoms with E-state index in [1.165, 1.54) is 82.4 Å². The van der Waals surface area contributed by atoms with Gasteiger partial charge in [0.05, 0.1) is 11.0 Å². The molecule has 0 unspecified atom stereocenters. The minimum atomic E-state index is 0.843. The number of hydrogen-bond acceptors (Lipinski definition) is 1. The second kappa shape index (κ2) is 11.1. The Hall–Kier alpha value is -6.38. The van der Waals surface area contributed by atoms with Crippen molar-refractivity contribution in [2.75, 3.05) is 0 Å². The topological polar surface area (TPSA) is 18.1 Å². The summed E-state index contributed by atoms with van der Waals surface area (Å²) >= 11 is 0. The minimum Gasteiger partial charge on any atom is -0.456 e. The molecule has 0 saturated carbocycles. The van der Waals surface area contributed by atoms with Crippen LogP contribution >= 0.6 is 0 Å². The predicted molar refractivity (Wildman–Crippen MR) is 206 cm³/mol. The summed E-state index contributed by atoms with van der Waals surface area (Å²) in [5.41, 5.74) is 12.9. The first-order valence-electron chi connectivity index (χ1n) is 16.9. The van der Waals surface area contributed by atoms with Crippen molar-refractivity contribution in [1.29, 1.82) is 0 Å². The Labute approximate surface area is 284 Å². The van der Waals surface area contributed by atoms with Crippen LogP contribution in [0.4, 0.5) is 0 Å². The third-order valence-corrected chi connectivity index (χ3v) is 10.1. The zero-order valence-corrected chi connectivity index (χ0v) is 26.8. The van der Waals surface area contributed by atoms with Crippen LogP contribution in [0.25, 0.3) is 82.5 Å². The highest BCUT2D eigenvalue weighted by Gasteiger charge is 2.15. The maximum atomic E-state index is 6.32. The second-order valence-electron chi connectivity index (χ2n) is 12.9. The Kier molecular flexibility index (Phi) is 6.28. The fourth-order valence-corrected chi connectivity index (χ4v) is 7.71. The van der Waals surface area contributed by atoms with Crippen molar-refractivity contribution in [3.63, 3.8) is 0 Å². The molecule has 0 aliphatic carbocycles. The minimum absolute atomic E-state index is 0.843. The fourth-order valence-electron chi connectivity index (χ4n) is 7.71. The number of hydrogen-bond donors (Lipinski definition) is 0. The average molecular weight is 626 g/mol. The van der Waals surface area contributed by atoms with E-state index in [-0.39, 0.29) is 0 Å². The van der Waals surface area contributed by atoms with E-state index in [2.05, 4.69) is 174 Å². The van der Waals surface area contributed by atoms with Crippen molar-refractivity contribution in [2.45, 2.75) is 6.42 Å². The van der Waals surface area contributed by atoms with Gasteiger partial charge < -0.3 is 8.98 Å². The monoisotopic (exact) mass is 625 g/mol. The van der Waals surface area contributed by atoms with Crippen LogP contribution in [0.3, 0.4) is 0 Å². The van der Waals surface area contributed by atoms with E-state index in [0.29, 0.717) is 0 Å². The molecule has 230 valence electrons. The maximum absolute atomic E-state index is 6.32. The number of fused-ring (bicyclic) bond motifs is 8. The number of rotatable bonds is 5. The molecule has 2 heterocycles. The molecule has 0 amide bonds. The summed E-state index contributed by atoms with van der Waals surface area (Å²) in [6.45, 7) is 0. The number of benzene rings is 8. The van der Waals surface area contributed by atoms with Crippen molar-refractivity contribution in [1.82, 2.24) is 4.57 Å². The van der Waals surface area contributed by atoms with Crippen molar-refractivity contribution >= 4 is 54.5 Å². The van der Waals surface area contributed by atoms with Gasteiger partial charge in [0.25, 0.3) is 0 Å². The average Bonchev–Trinajstić information content (AvgIpc) is 3.71. The van der Waals surface area contributed by atoms with Crippen molar-refractivity contribution < 1.29 is 4.42 Å². The van der Waals surface area contributed by atoms with Crippen LogP contribution in [0, 0.1) is 0 Å².